The summed E-state index contributed by atoms with van der Waals surface area (Å²) in [7, 11) is 0. The number of hydrogen-bond acceptors (Lipinski definition) is 9. The van der Waals surface area contributed by atoms with Crippen molar-refractivity contribution in [2.24, 2.45) is 0 Å². The van der Waals surface area contributed by atoms with Gasteiger partial charge in [-0.05, 0) is 12.8 Å². The van der Waals surface area contributed by atoms with Crippen molar-refractivity contribution in [3.05, 3.63) is 0 Å². The standard InChI is InChI=1S/C49H99NO9/c1-3-5-7-9-11-13-15-17-19-21-23-25-27-29-31-33-36-56-45-48(46-59-49(53)50-35-38-54-39-40-55-41-42-57-44-47(52)43-51)58-37-34-32-30-28-26-24-22-20-18-16-14-12-10-8-6-4-2/h47-48,51-52H,3-46H2,1-2H3,(H,50,53)/t47-,48-/m0/s1/i51D. The number of carbonyl (C=O) groups is 1. The predicted molar refractivity (Wildman–Crippen MR) is 245 cm³/mol. The molecule has 2 atom stereocenters. The van der Waals surface area contributed by atoms with Crippen LogP contribution in [0, 0.1) is 0 Å². The molecule has 0 aromatic heterocycles. The topological polar surface area (TPSA) is 125 Å². The van der Waals surface area contributed by atoms with Gasteiger partial charge in [-0.1, -0.05) is 206 Å². The second kappa shape index (κ2) is 51.3. The Morgan fingerprint density at radius 2 is 0.831 bits per heavy atom. The Balaban J connectivity index is 4.09. The summed E-state index contributed by atoms with van der Waals surface area (Å²) in [6.45, 7) is 8.69. The van der Waals surface area contributed by atoms with Crippen molar-refractivity contribution in [3.8, 4) is 0 Å². The molecule has 0 aliphatic carbocycles. The maximum Gasteiger partial charge on any atom is 0.407 e. The van der Waals surface area contributed by atoms with Crippen LogP contribution in [-0.4, -0.2) is 109 Å². The normalized spacial score (nSPS) is 12.8. The molecular formula is C49H99NO9. The lowest BCUT2D eigenvalue weighted by Crippen LogP contribution is -2.33. The third-order valence-electron chi connectivity index (χ3n) is 11.0. The number of nitrogens with one attached hydrogen (secondary N) is 1. The molecule has 0 unspecified atom stereocenters. The van der Waals surface area contributed by atoms with Crippen molar-refractivity contribution < 1.29 is 43.4 Å². The molecule has 59 heavy (non-hydrogen) atoms. The van der Waals surface area contributed by atoms with E-state index in [1.54, 1.807) is 0 Å². The van der Waals surface area contributed by atoms with Crippen LogP contribution in [-0.2, 0) is 28.4 Å². The average molecular weight is 847 g/mol. The van der Waals surface area contributed by atoms with Crippen molar-refractivity contribution in [3.63, 3.8) is 0 Å². The lowest BCUT2D eigenvalue weighted by molar-refractivity contribution is -0.0470. The van der Waals surface area contributed by atoms with Crippen LogP contribution in [0.15, 0.2) is 0 Å². The molecule has 0 fully saturated rings. The van der Waals surface area contributed by atoms with Crippen molar-refractivity contribution in [2.45, 2.75) is 232 Å². The molecule has 0 rings (SSSR count). The number of amides is 1. The largest absolute Gasteiger partial charge is 0.447 e. The first-order valence-electron chi connectivity index (χ1n) is 25.6. The van der Waals surface area contributed by atoms with Gasteiger partial charge in [-0.3, -0.25) is 0 Å². The van der Waals surface area contributed by atoms with Crippen LogP contribution < -0.4 is 5.32 Å². The maximum absolute atomic E-state index is 12.4. The first-order chi connectivity index (χ1) is 29.6. The van der Waals surface area contributed by atoms with Gasteiger partial charge >= 0.3 is 6.09 Å². The summed E-state index contributed by atoms with van der Waals surface area (Å²) < 4.78 is 40.5. The summed E-state index contributed by atoms with van der Waals surface area (Å²) in [4.78, 5) is 12.4. The van der Waals surface area contributed by atoms with Gasteiger partial charge < -0.3 is 44.0 Å². The fraction of sp³-hybridized carbons (Fsp3) is 0.980. The van der Waals surface area contributed by atoms with E-state index in [1.807, 2.05) is 0 Å². The van der Waals surface area contributed by atoms with Gasteiger partial charge in [0.25, 0.3) is 0 Å². The van der Waals surface area contributed by atoms with E-state index in [2.05, 4.69) is 24.3 Å². The average Bonchev–Trinajstić information content (AvgIpc) is 3.25. The molecule has 0 aliphatic heterocycles. The zero-order valence-electron chi connectivity index (χ0n) is 40.0. The van der Waals surface area contributed by atoms with Gasteiger partial charge in [0.1, 0.15) is 18.8 Å². The first-order valence-corrected chi connectivity index (χ1v) is 25.2. The van der Waals surface area contributed by atoms with E-state index in [-0.39, 0.29) is 25.9 Å². The molecule has 0 aromatic carbocycles. The van der Waals surface area contributed by atoms with E-state index in [4.69, 9.17) is 29.9 Å². The number of aliphatic hydroxyl groups excluding tert-OH is 2. The van der Waals surface area contributed by atoms with Crippen LogP contribution in [0.25, 0.3) is 0 Å². The number of rotatable bonds is 52. The van der Waals surface area contributed by atoms with Crippen LogP contribution in [0.4, 0.5) is 4.79 Å². The molecule has 3 N–H and O–H groups in total. The number of ether oxygens (including phenoxy) is 6. The highest BCUT2D eigenvalue weighted by Crippen LogP contribution is 2.15. The molecule has 0 spiro atoms. The van der Waals surface area contributed by atoms with Gasteiger partial charge in [0.15, 0.2) is 0 Å². The Morgan fingerprint density at radius 3 is 1.27 bits per heavy atom. The number of carbonyl (C=O) groups excluding carboxylic acids is 1. The quantitative estimate of drug-likeness (QED) is 0.0513. The van der Waals surface area contributed by atoms with Gasteiger partial charge in [0.2, 0.25) is 1.43 Å². The Morgan fingerprint density at radius 1 is 0.458 bits per heavy atom. The van der Waals surface area contributed by atoms with E-state index in [0.717, 1.165) is 19.3 Å². The first kappa shape index (κ1) is 56.0. The molecule has 0 radical (unpaired) electrons. The van der Waals surface area contributed by atoms with Crippen LogP contribution in [0.5, 0.6) is 0 Å². The fourth-order valence-electron chi connectivity index (χ4n) is 7.16. The van der Waals surface area contributed by atoms with Gasteiger partial charge in [0, 0.05) is 19.8 Å². The smallest absolute Gasteiger partial charge is 0.407 e. The van der Waals surface area contributed by atoms with Crippen LogP contribution in [0.1, 0.15) is 219 Å². The number of aliphatic hydroxyl groups is 2. The van der Waals surface area contributed by atoms with Gasteiger partial charge in [-0.15, -0.1) is 0 Å². The molecule has 1 amide bonds. The second-order valence-electron chi connectivity index (χ2n) is 16.8. The third-order valence-corrected chi connectivity index (χ3v) is 11.0. The molecule has 0 aromatic rings. The van der Waals surface area contributed by atoms with Crippen molar-refractivity contribution in [1.29, 1.82) is 1.43 Å². The molecule has 354 valence electrons. The van der Waals surface area contributed by atoms with E-state index in [9.17, 15) is 9.90 Å². The number of unbranched alkanes of at least 4 members (excludes halogenated alkanes) is 30. The van der Waals surface area contributed by atoms with E-state index in [1.165, 1.54) is 186 Å². The molecule has 10 nitrogen and oxygen atoms in total. The molecule has 0 bridgehead atoms. The van der Waals surface area contributed by atoms with Crippen LogP contribution in [0.2, 0.25) is 0 Å². The molecule has 10 heteroatoms. The molecular weight excluding hydrogens is 747 g/mol. The summed E-state index contributed by atoms with van der Waals surface area (Å²) in [5.41, 5.74) is 0. The lowest BCUT2D eigenvalue weighted by Gasteiger charge is -2.18. The highest BCUT2D eigenvalue weighted by atomic mass is 16.6. The molecule has 0 heterocycles. The van der Waals surface area contributed by atoms with E-state index >= 15 is 0 Å². The number of hydrogen-bond donors (Lipinski definition) is 3. The fourth-order valence-corrected chi connectivity index (χ4v) is 7.16. The minimum absolute atomic E-state index is 0.0850. The van der Waals surface area contributed by atoms with Crippen molar-refractivity contribution >= 4 is 6.09 Å². The Hall–Kier alpha value is -1.01. The lowest BCUT2D eigenvalue weighted by atomic mass is 10.0. The summed E-state index contributed by atoms with van der Waals surface area (Å²) in [6.07, 6.45) is 41.5. The molecule has 0 aliphatic rings. The minimum Gasteiger partial charge on any atom is -0.447 e. The number of alkyl carbamates (subject to hydrolysis) is 1. The van der Waals surface area contributed by atoms with Gasteiger partial charge in [-0.25, -0.2) is 4.79 Å². The van der Waals surface area contributed by atoms with Crippen molar-refractivity contribution in [2.75, 3.05) is 79.2 Å². The summed E-state index contributed by atoms with van der Waals surface area (Å²) in [5.74, 6) is 0. The summed E-state index contributed by atoms with van der Waals surface area (Å²) in [6, 6.07) is 0. The monoisotopic (exact) mass is 847 g/mol. The minimum atomic E-state index is -0.816. The zero-order chi connectivity index (χ0) is 43.5. The van der Waals surface area contributed by atoms with E-state index < -0.39 is 12.2 Å². The summed E-state index contributed by atoms with van der Waals surface area (Å²) in [5, 5.41) is 16.3. The highest BCUT2D eigenvalue weighted by molar-refractivity contribution is 5.67. The Kier molecular flexibility index (Phi) is 48.7. The maximum atomic E-state index is 12.4. The molecule has 0 saturated heterocycles. The van der Waals surface area contributed by atoms with Gasteiger partial charge in [-0.2, -0.15) is 0 Å². The van der Waals surface area contributed by atoms with Gasteiger partial charge in [0.05, 0.1) is 52.9 Å². The second-order valence-corrected chi connectivity index (χ2v) is 16.8. The Labute approximate surface area is 366 Å². The van der Waals surface area contributed by atoms with Crippen LogP contribution in [0.3, 0.4) is 0 Å². The predicted octanol–water partition coefficient (Wildman–Crippen LogP) is 12.0. The van der Waals surface area contributed by atoms with E-state index in [0.29, 0.717) is 59.4 Å². The summed E-state index contributed by atoms with van der Waals surface area (Å²) >= 11 is 0. The Bertz CT molecular complexity index is 815. The molecule has 0 saturated carbocycles. The van der Waals surface area contributed by atoms with Crippen molar-refractivity contribution in [1.82, 2.24) is 5.32 Å². The third kappa shape index (κ3) is 49.5. The highest BCUT2D eigenvalue weighted by Gasteiger charge is 2.13. The zero-order valence-corrected chi connectivity index (χ0v) is 39.0. The van der Waals surface area contributed by atoms with Crippen LogP contribution >= 0.6 is 0 Å². The SMILES string of the molecule is [2H]OC[C@H](O)COCCOCCOCCNC(=O)OC[C@H](COCCCCCCCCCCCCCCCCCC)OCCCCCCCCCCCCCCCCCC.